The Morgan fingerprint density at radius 2 is 2.08 bits per heavy atom. The largest absolute Gasteiger partial charge is 0.351 e. The van der Waals surface area contributed by atoms with Crippen LogP contribution in [0.2, 0.25) is 0 Å². The molecule has 0 aliphatic heterocycles. The van der Waals surface area contributed by atoms with E-state index in [4.69, 9.17) is 5.73 Å². The van der Waals surface area contributed by atoms with Gasteiger partial charge >= 0.3 is 0 Å². The van der Waals surface area contributed by atoms with Crippen molar-refractivity contribution in [2.75, 3.05) is 11.9 Å². The van der Waals surface area contributed by atoms with Gasteiger partial charge in [-0.15, -0.1) is 22.7 Å². The first-order valence-corrected chi connectivity index (χ1v) is 10.7. The van der Waals surface area contributed by atoms with Crippen LogP contribution in [0.3, 0.4) is 0 Å². The number of nitrogens with two attached hydrogens (primary N) is 1. The van der Waals surface area contributed by atoms with E-state index in [1.165, 1.54) is 41.9 Å². The van der Waals surface area contributed by atoms with Gasteiger partial charge in [-0.1, -0.05) is 25.3 Å². The summed E-state index contributed by atoms with van der Waals surface area (Å²) < 4.78 is 0. The monoisotopic (exact) mass is 392 g/mol. The maximum atomic E-state index is 12.4. The summed E-state index contributed by atoms with van der Waals surface area (Å²) in [5, 5.41) is 10.0. The first-order valence-electron chi connectivity index (χ1n) is 8.94. The van der Waals surface area contributed by atoms with Crippen LogP contribution in [0.25, 0.3) is 0 Å². The molecule has 4 N–H and O–H groups in total. The molecule has 0 radical (unpaired) electrons. The Bertz CT molecular complexity index is 723. The summed E-state index contributed by atoms with van der Waals surface area (Å²) in [6.45, 7) is 0.468. The van der Waals surface area contributed by atoms with Gasteiger partial charge in [0.25, 0.3) is 5.91 Å². The number of carbonyl (C=O) groups excluding carboxylic acids is 2. The van der Waals surface area contributed by atoms with Gasteiger partial charge in [0.2, 0.25) is 5.91 Å². The van der Waals surface area contributed by atoms with Gasteiger partial charge in [-0.3, -0.25) is 14.9 Å². The van der Waals surface area contributed by atoms with Crippen LogP contribution >= 0.6 is 22.7 Å². The summed E-state index contributed by atoms with van der Waals surface area (Å²) in [6.07, 6.45) is 6.19. The third-order valence-corrected chi connectivity index (χ3v) is 6.35. The van der Waals surface area contributed by atoms with Gasteiger partial charge in [-0.25, -0.2) is 4.98 Å². The highest BCUT2D eigenvalue weighted by molar-refractivity contribution is 7.14. The van der Waals surface area contributed by atoms with E-state index >= 15 is 0 Å². The fourth-order valence-corrected chi connectivity index (χ4v) is 4.66. The average molecular weight is 393 g/mol. The maximum Gasteiger partial charge on any atom is 0.267 e. The predicted octanol–water partition coefficient (Wildman–Crippen LogP) is 3.02. The van der Waals surface area contributed by atoms with Crippen molar-refractivity contribution in [1.29, 1.82) is 0 Å². The molecule has 2 aromatic rings. The lowest BCUT2D eigenvalue weighted by Gasteiger charge is -2.30. The molecule has 2 aromatic heterocycles. The van der Waals surface area contributed by atoms with Crippen LogP contribution in [0.4, 0.5) is 5.13 Å². The molecular weight excluding hydrogens is 368 g/mol. The standard InChI is InChI=1S/C18H24N4O2S2/c19-10-14(12-5-2-1-3-6-12)21-16(23)9-13-11-26-18(20-13)22-17(24)15-7-4-8-25-15/h4,7-8,11-12,14H,1-3,5-6,9-10,19H2,(H,21,23)(H,20,22,24). The molecule has 2 amide bonds. The highest BCUT2D eigenvalue weighted by atomic mass is 32.1. The van der Waals surface area contributed by atoms with Crippen molar-refractivity contribution in [2.45, 2.75) is 44.6 Å². The smallest absolute Gasteiger partial charge is 0.267 e. The second-order valence-corrected chi connectivity index (χ2v) is 8.37. The zero-order valence-corrected chi connectivity index (χ0v) is 16.2. The zero-order valence-electron chi connectivity index (χ0n) is 14.6. The number of rotatable bonds is 7. The zero-order chi connectivity index (χ0) is 18.4. The number of nitrogens with one attached hydrogen (secondary N) is 2. The minimum Gasteiger partial charge on any atom is -0.351 e. The number of carbonyl (C=O) groups is 2. The Hall–Kier alpha value is -1.77. The maximum absolute atomic E-state index is 12.4. The van der Waals surface area contributed by atoms with Crippen LogP contribution in [0.15, 0.2) is 22.9 Å². The summed E-state index contributed by atoms with van der Waals surface area (Å²) in [5.74, 6) is 0.243. The van der Waals surface area contributed by atoms with Crippen LogP contribution in [0.1, 0.15) is 47.5 Å². The third-order valence-electron chi connectivity index (χ3n) is 4.68. The van der Waals surface area contributed by atoms with E-state index < -0.39 is 0 Å². The minimum absolute atomic E-state index is 0.0411. The second kappa shape index (κ2) is 9.25. The molecule has 1 saturated carbocycles. The second-order valence-electron chi connectivity index (χ2n) is 6.56. The minimum atomic E-state index is -0.175. The lowest BCUT2D eigenvalue weighted by atomic mass is 9.84. The first kappa shape index (κ1) is 19.0. The van der Waals surface area contributed by atoms with Crippen LogP contribution in [-0.4, -0.2) is 29.4 Å². The van der Waals surface area contributed by atoms with Gasteiger partial charge < -0.3 is 11.1 Å². The Kier molecular flexibility index (Phi) is 6.76. The van der Waals surface area contributed by atoms with Crippen molar-refractivity contribution in [2.24, 2.45) is 11.7 Å². The quantitative estimate of drug-likeness (QED) is 0.675. The lowest BCUT2D eigenvalue weighted by molar-refractivity contribution is -0.121. The van der Waals surface area contributed by atoms with E-state index in [0.29, 0.717) is 28.2 Å². The van der Waals surface area contributed by atoms with E-state index in [1.807, 2.05) is 16.8 Å². The molecule has 26 heavy (non-hydrogen) atoms. The molecule has 2 heterocycles. The summed E-state index contributed by atoms with van der Waals surface area (Å²) in [7, 11) is 0. The van der Waals surface area contributed by atoms with Crippen molar-refractivity contribution in [1.82, 2.24) is 10.3 Å². The van der Waals surface area contributed by atoms with E-state index in [2.05, 4.69) is 15.6 Å². The van der Waals surface area contributed by atoms with Gasteiger partial charge in [0.05, 0.1) is 17.0 Å². The van der Waals surface area contributed by atoms with Gasteiger partial charge in [0, 0.05) is 18.0 Å². The third kappa shape index (κ3) is 5.12. The van der Waals surface area contributed by atoms with Crippen LogP contribution in [-0.2, 0) is 11.2 Å². The number of thiophene rings is 1. The average Bonchev–Trinajstić information content (AvgIpc) is 3.32. The Balaban J connectivity index is 1.51. The molecule has 1 aliphatic carbocycles. The van der Waals surface area contributed by atoms with Gasteiger partial charge in [-0.05, 0) is 30.2 Å². The molecule has 3 rings (SSSR count). The normalized spacial score (nSPS) is 16.2. The predicted molar refractivity (Wildman–Crippen MR) is 106 cm³/mol. The summed E-state index contributed by atoms with van der Waals surface area (Å²) in [4.78, 5) is 29.4. The van der Waals surface area contributed by atoms with Crippen LogP contribution in [0, 0.1) is 5.92 Å². The SMILES string of the molecule is NCC(NC(=O)Cc1csc(NC(=O)c2cccs2)n1)C1CCCCC1. The summed E-state index contributed by atoms with van der Waals surface area (Å²) in [6, 6.07) is 3.64. The van der Waals surface area contributed by atoms with Crippen LogP contribution in [0.5, 0.6) is 0 Å². The topological polar surface area (TPSA) is 97.1 Å². The van der Waals surface area contributed by atoms with E-state index in [-0.39, 0.29) is 24.3 Å². The van der Waals surface area contributed by atoms with Crippen molar-refractivity contribution in [3.05, 3.63) is 33.5 Å². The van der Waals surface area contributed by atoms with Crippen molar-refractivity contribution in [3.8, 4) is 0 Å². The molecule has 1 atom stereocenters. The highest BCUT2D eigenvalue weighted by Crippen LogP contribution is 2.26. The molecule has 1 aliphatic rings. The fourth-order valence-electron chi connectivity index (χ4n) is 3.34. The Morgan fingerprint density at radius 3 is 2.77 bits per heavy atom. The number of hydrogen-bond acceptors (Lipinski definition) is 6. The number of amides is 2. The van der Waals surface area contributed by atoms with Crippen LogP contribution < -0.4 is 16.4 Å². The number of thiazole rings is 1. The summed E-state index contributed by atoms with van der Waals surface area (Å²) >= 11 is 2.71. The Morgan fingerprint density at radius 1 is 1.27 bits per heavy atom. The fraction of sp³-hybridized carbons (Fsp3) is 0.500. The van der Waals surface area contributed by atoms with E-state index in [9.17, 15) is 9.59 Å². The molecule has 0 aromatic carbocycles. The first-order chi connectivity index (χ1) is 12.7. The molecule has 0 saturated heterocycles. The molecule has 0 bridgehead atoms. The molecule has 140 valence electrons. The molecule has 1 fully saturated rings. The number of aromatic nitrogens is 1. The molecule has 1 unspecified atom stereocenters. The Labute approximate surface area is 161 Å². The van der Waals surface area contributed by atoms with Crippen molar-refractivity contribution < 1.29 is 9.59 Å². The highest BCUT2D eigenvalue weighted by Gasteiger charge is 2.24. The molecule has 8 heteroatoms. The van der Waals surface area contributed by atoms with Gasteiger partial charge in [-0.2, -0.15) is 0 Å². The summed E-state index contributed by atoms with van der Waals surface area (Å²) in [5.41, 5.74) is 6.54. The molecule has 6 nitrogen and oxygen atoms in total. The number of nitrogens with zero attached hydrogens (tertiary/aromatic N) is 1. The number of anilines is 1. The van der Waals surface area contributed by atoms with Gasteiger partial charge in [0.1, 0.15) is 0 Å². The van der Waals surface area contributed by atoms with Crippen molar-refractivity contribution in [3.63, 3.8) is 0 Å². The lowest BCUT2D eigenvalue weighted by Crippen LogP contribution is -2.46. The number of hydrogen-bond donors (Lipinski definition) is 3. The van der Waals surface area contributed by atoms with Crippen molar-refractivity contribution >= 4 is 39.6 Å². The molecular formula is C18H24N4O2S2. The van der Waals surface area contributed by atoms with Gasteiger partial charge in [0.15, 0.2) is 5.13 Å². The molecule has 0 spiro atoms. The van der Waals surface area contributed by atoms with E-state index in [0.717, 1.165) is 12.8 Å². The van der Waals surface area contributed by atoms with E-state index in [1.54, 1.807) is 6.07 Å².